The number of halogens is 3. The van der Waals surface area contributed by atoms with Crippen molar-refractivity contribution in [3.05, 3.63) is 41.7 Å². The van der Waals surface area contributed by atoms with E-state index in [0.29, 0.717) is 12.2 Å². The lowest BCUT2D eigenvalue weighted by atomic mass is 10.2. The largest absolute Gasteiger partial charge is 0.446 e. The molecule has 2 aromatic rings. The van der Waals surface area contributed by atoms with Gasteiger partial charge in [0, 0.05) is 35.4 Å². The van der Waals surface area contributed by atoms with E-state index in [2.05, 4.69) is 10.4 Å². The first-order valence-corrected chi connectivity index (χ1v) is 6.74. The van der Waals surface area contributed by atoms with Gasteiger partial charge in [-0.1, -0.05) is 12.1 Å². The summed E-state index contributed by atoms with van der Waals surface area (Å²) in [4.78, 5) is 0.168. The van der Waals surface area contributed by atoms with Crippen LogP contribution in [0.2, 0.25) is 0 Å². The van der Waals surface area contributed by atoms with Crippen molar-refractivity contribution in [3.8, 4) is 0 Å². The molecular formula is C13H14F3N3S. The number of para-hydroxylation sites is 1. The monoisotopic (exact) mass is 301 g/mol. The maximum absolute atomic E-state index is 12.5. The molecule has 1 aromatic carbocycles. The SMILES string of the molecule is Cc1c(CNc2ccccc2SC(F)(F)F)cnn1C. The van der Waals surface area contributed by atoms with Gasteiger partial charge in [0.05, 0.1) is 6.20 Å². The molecule has 1 N–H and O–H groups in total. The van der Waals surface area contributed by atoms with Crippen molar-refractivity contribution in [1.29, 1.82) is 0 Å². The van der Waals surface area contributed by atoms with E-state index in [0.717, 1.165) is 11.3 Å². The summed E-state index contributed by atoms with van der Waals surface area (Å²) in [6.07, 6.45) is 1.71. The summed E-state index contributed by atoms with van der Waals surface area (Å²) in [5, 5.41) is 7.13. The van der Waals surface area contributed by atoms with Gasteiger partial charge in [0.15, 0.2) is 0 Å². The maximum atomic E-state index is 12.5. The molecule has 0 saturated carbocycles. The average molecular weight is 301 g/mol. The zero-order valence-corrected chi connectivity index (χ0v) is 11.8. The van der Waals surface area contributed by atoms with Gasteiger partial charge < -0.3 is 5.32 Å². The molecule has 20 heavy (non-hydrogen) atoms. The molecule has 1 aromatic heterocycles. The summed E-state index contributed by atoms with van der Waals surface area (Å²) < 4.78 is 39.2. The van der Waals surface area contributed by atoms with E-state index in [1.165, 1.54) is 6.07 Å². The molecule has 0 spiro atoms. The number of nitrogens with zero attached hydrogens (tertiary/aromatic N) is 2. The zero-order chi connectivity index (χ0) is 14.8. The number of thioether (sulfide) groups is 1. The third-order valence-electron chi connectivity index (χ3n) is 2.92. The van der Waals surface area contributed by atoms with Crippen LogP contribution in [0.1, 0.15) is 11.3 Å². The number of aryl methyl sites for hydroxylation is 1. The van der Waals surface area contributed by atoms with Gasteiger partial charge in [-0.25, -0.2) is 0 Å². The molecule has 0 aliphatic carbocycles. The van der Waals surface area contributed by atoms with Gasteiger partial charge in [-0.3, -0.25) is 4.68 Å². The summed E-state index contributed by atoms with van der Waals surface area (Å²) in [5.41, 5.74) is -1.88. The summed E-state index contributed by atoms with van der Waals surface area (Å²) in [6, 6.07) is 6.39. The molecule has 0 atom stereocenters. The molecule has 0 fully saturated rings. The molecule has 0 saturated heterocycles. The first-order valence-electron chi connectivity index (χ1n) is 5.93. The molecule has 0 bridgehead atoms. The summed E-state index contributed by atoms with van der Waals surface area (Å²) >= 11 is -0.111. The van der Waals surface area contributed by atoms with E-state index >= 15 is 0 Å². The van der Waals surface area contributed by atoms with Crippen molar-refractivity contribution in [2.75, 3.05) is 5.32 Å². The number of hydrogen-bond donors (Lipinski definition) is 1. The molecule has 0 radical (unpaired) electrons. The Morgan fingerprint density at radius 1 is 1.30 bits per heavy atom. The van der Waals surface area contributed by atoms with E-state index in [1.54, 1.807) is 29.1 Å². The third-order valence-corrected chi connectivity index (χ3v) is 3.73. The highest BCUT2D eigenvalue weighted by atomic mass is 32.2. The second-order valence-corrected chi connectivity index (χ2v) is 5.38. The minimum atomic E-state index is -4.29. The molecule has 0 unspecified atom stereocenters. The molecule has 0 aliphatic rings. The Bertz CT molecular complexity index is 593. The van der Waals surface area contributed by atoms with E-state index in [-0.39, 0.29) is 16.7 Å². The molecule has 0 amide bonds. The van der Waals surface area contributed by atoms with Gasteiger partial charge in [0.1, 0.15) is 0 Å². The van der Waals surface area contributed by atoms with Crippen LogP contribution < -0.4 is 5.32 Å². The Kier molecular flexibility index (Phi) is 4.27. The minimum Gasteiger partial charge on any atom is -0.380 e. The number of benzene rings is 1. The summed E-state index contributed by atoms with van der Waals surface area (Å²) in [5.74, 6) is 0. The highest BCUT2D eigenvalue weighted by Gasteiger charge is 2.30. The lowest BCUT2D eigenvalue weighted by Crippen LogP contribution is -2.05. The van der Waals surface area contributed by atoms with Crippen LogP contribution in [0.15, 0.2) is 35.4 Å². The van der Waals surface area contributed by atoms with E-state index in [9.17, 15) is 13.2 Å². The predicted molar refractivity (Wildman–Crippen MR) is 73.6 cm³/mol. The fraction of sp³-hybridized carbons (Fsp3) is 0.308. The van der Waals surface area contributed by atoms with Crippen molar-refractivity contribution in [1.82, 2.24) is 9.78 Å². The van der Waals surface area contributed by atoms with Gasteiger partial charge in [-0.05, 0) is 30.8 Å². The smallest absolute Gasteiger partial charge is 0.380 e. The number of nitrogens with one attached hydrogen (secondary N) is 1. The molecule has 1 heterocycles. The second-order valence-electron chi connectivity index (χ2n) is 4.28. The third kappa shape index (κ3) is 3.69. The first kappa shape index (κ1) is 14.8. The maximum Gasteiger partial charge on any atom is 0.446 e. The van der Waals surface area contributed by atoms with Crippen LogP contribution in [0.3, 0.4) is 0 Å². The van der Waals surface area contributed by atoms with Gasteiger partial charge in [0.2, 0.25) is 0 Å². The number of anilines is 1. The number of rotatable bonds is 4. The van der Waals surface area contributed by atoms with Crippen LogP contribution in [0, 0.1) is 6.92 Å². The predicted octanol–water partition coefficient (Wildman–Crippen LogP) is 3.95. The molecule has 3 nitrogen and oxygen atoms in total. The zero-order valence-electron chi connectivity index (χ0n) is 11.0. The van der Waals surface area contributed by atoms with Crippen LogP contribution in [0.5, 0.6) is 0 Å². The fourth-order valence-corrected chi connectivity index (χ4v) is 2.38. The van der Waals surface area contributed by atoms with Gasteiger partial charge in [-0.2, -0.15) is 18.3 Å². The highest BCUT2D eigenvalue weighted by Crippen LogP contribution is 2.40. The highest BCUT2D eigenvalue weighted by molar-refractivity contribution is 8.00. The van der Waals surface area contributed by atoms with Crippen molar-refractivity contribution in [3.63, 3.8) is 0 Å². The fourth-order valence-electron chi connectivity index (χ4n) is 1.73. The van der Waals surface area contributed by atoms with Gasteiger partial charge in [-0.15, -0.1) is 0 Å². The lowest BCUT2D eigenvalue weighted by Gasteiger charge is -2.12. The molecule has 108 valence electrons. The van der Waals surface area contributed by atoms with Crippen LogP contribution in [0.4, 0.5) is 18.9 Å². The molecule has 7 heteroatoms. The Balaban J connectivity index is 2.12. The van der Waals surface area contributed by atoms with Gasteiger partial charge in [0.25, 0.3) is 0 Å². The quantitative estimate of drug-likeness (QED) is 0.867. The van der Waals surface area contributed by atoms with Crippen LogP contribution in [0.25, 0.3) is 0 Å². The van der Waals surface area contributed by atoms with Crippen molar-refractivity contribution >= 4 is 17.4 Å². The lowest BCUT2D eigenvalue weighted by molar-refractivity contribution is -0.0327. The van der Waals surface area contributed by atoms with Gasteiger partial charge >= 0.3 is 5.51 Å². The first-order chi connectivity index (χ1) is 9.37. The summed E-state index contributed by atoms with van der Waals surface area (Å²) in [6.45, 7) is 2.36. The molecule has 0 aliphatic heterocycles. The van der Waals surface area contributed by atoms with Crippen LogP contribution in [-0.4, -0.2) is 15.3 Å². The Hall–Kier alpha value is -1.63. The molecule has 2 rings (SSSR count). The topological polar surface area (TPSA) is 29.9 Å². The second kappa shape index (κ2) is 5.78. The van der Waals surface area contributed by atoms with E-state index < -0.39 is 5.51 Å². The normalized spacial score (nSPS) is 11.7. The van der Waals surface area contributed by atoms with E-state index in [4.69, 9.17) is 0 Å². The number of alkyl halides is 3. The Morgan fingerprint density at radius 3 is 2.60 bits per heavy atom. The van der Waals surface area contributed by atoms with Crippen molar-refractivity contribution in [2.24, 2.45) is 7.05 Å². The van der Waals surface area contributed by atoms with Crippen molar-refractivity contribution < 1.29 is 13.2 Å². The Labute approximate surface area is 119 Å². The average Bonchev–Trinajstić information content (AvgIpc) is 2.67. The number of hydrogen-bond acceptors (Lipinski definition) is 3. The Morgan fingerprint density at radius 2 is 2.00 bits per heavy atom. The van der Waals surface area contributed by atoms with Crippen LogP contribution in [-0.2, 0) is 13.6 Å². The molecular weight excluding hydrogens is 287 g/mol. The minimum absolute atomic E-state index is 0.111. The summed E-state index contributed by atoms with van der Waals surface area (Å²) in [7, 11) is 1.83. The standard InChI is InChI=1S/C13H14F3N3S/c1-9-10(8-18-19(9)2)7-17-11-5-3-4-6-12(11)20-13(14,15)16/h3-6,8,17H,7H2,1-2H3. The number of aromatic nitrogens is 2. The van der Waals surface area contributed by atoms with Crippen LogP contribution >= 0.6 is 11.8 Å². The van der Waals surface area contributed by atoms with E-state index in [1.807, 2.05) is 14.0 Å². The van der Waals surface area contributed by atoms with Crippen molar-refractivity contribution in [2.45, 2.75) is 23.9 Å².